The first-order valence-electron chi connectivity index (χ1n) is 6.01. The molecule has 2 rings (SSSR count). The van der Waals surface area contributed by atoms with E-state index in [0.717, 1.165) is 18.2 Å². The number of aliphatic hydroxyl groups excluding tert-OH is 1. The van der Waals surface area contributed by atoms with Crippen LogP contribution in [0.2, 0.25) is 0 Å². The molecule has 19 heavy (non-hydrogen) atoms. The lowest BCUT2D eigenvalue weighted by Gasteiger charge is -2.14. The van der Waals surface area contributed by atoms with Gasteiger partial charge in [0.1, 0.15) is 23.1 Å². The molecular formula is C15H14F2O2. The van der Waals surface area contributed by atoms with Gasteiger partial charge in [0.25, 0.3) is 0 Å². The molecule has 1 atom stereocenters. The van der Waals surface area contributed by atoms with Crippen LogP contribution in [0, 0.1) is 11.6 Å². The first-order valence-corrected chi connectivity index (χ1v) is 6.01. The third-order valence-corrected chi connectivity index (χ3v) is 2.73. The highest BCUT2D eigenvalue weighted by Gasteiger charge is 2.12. The zero-order valence-corrected chi connectivity index (χ0v) is 10.4. The zero-order valence-electron chi connectivity index (χ0n) is 10.4. The van der Waals surface area contributed by atoms with Gasteiger partial charge < -0.3 is 9.84 Å². The van der Waals surface area contributed by atoms with Gasteiger partial charge in [0.15, 0.2) is 0 Å². The highest BCUT2D eigenvalue weighted by Crippen LogP contribution is 2.31. The number of benzene rings is 2. The number of aliphatic hydroxyl groups is 1. The summed E-state index contributed by atoms with van der Waals surface area (Å²) in [5.41, 5.74) is 0.592. The van der Waals surface area contributed by atoms with Gasteiger partial charge in [0.2, 0.25) is 0 Å². The largest absolute Gasteiger partial charge is 0.457 e. The molecule has 0 amide bonds. The van der Waals surface area contributed by atoms with Crippen LogP contribution in [0.3, 0.4) is 0 Å². The molecule has 0 unspecified atom stereocenters. The highest BCUT2D eigenvalue weighted by atomic mass is 19.1. The molecule has 0 radical (unpaired) electrons. The molecule has 0 saturated carbocycles. The third-order valence-electron chi connectivity index (χ3n) is 2.73. The van der Waals surface area contributed by atoms with E-state index in [0.29, 0.717) is 17.7 Å². The Morgan fingerprint density at radius 2 is 1.74 bits per heavy atom. The van der Waals surface area contributed by atoms with Gasteiger partial charge in [0, 0.05) is 23.8 Å². The summed E-state index contributed by atoms with van der Waals surface area (Å²) in [6.45, 7) is 1.84. The summed E-state index contributed by atoms with van der Waals surface area (Å²) in [4.78, 5) is 0. The Morgan fingerprint density at radius 3 is 2.37 bits per heavy atom. The van der Waals surface area contributed by atoms with Crippen LogP contribution in [-0.4, -0.2) is 5.11 Å². The summed E-state index contributed by atoms with van der Waals surface area (Å²) in [6.07, 6.45) is -0.146. The van der Waals surface area contributed by atoms with Crippen LogP contribution >= 0.6 is 0 Å². The van der Waals surface area contributed by atoms with E-state index in [9.17, 15) is 13.9 Å². The minimum atomic E-state index is -0.705. The van der Waals surface area contributed by atoms with E-state index in [4.69, 9.17) is 4.74 Å². The number of hydrogen-bond acceptors (Lipinski definition) is 2. The lowest BCUT2D eigenvalue weighted by atomic mass is 10.1. The molecule has 0 aliphatic heterocycles. The number of ether oxygens (including phenoxy) is 1. The third kappa shape index (κ3) is 3.29. The van der Waals surface area contributed by atoms with Gasteiger partial charge >= 0.3 is 0 Å². The van der Waals surface area contributed by atoms with Gasteiger partial charge in [-0.25, -0.2) is 8.78 Å². The second kappa shape index (κ2) is 5.80. The van der Waals surface area contributed by atoms with E-state index in [-0.39, 0.29) is 5.75 Å². The normalized spacial score (nSPS) is 12.2. The lowest BCUT2D eigenvalue weighted by Crippen LogP contribution is -1.99. The zero-order chi connectivity index (χ0) is 13.8. The van der Waals surface area contributed by atoms with Crippen molar-refractivity contribution < 1.29 is 18.6 Å². The van der Waals surface area contributed by atoms with Crippen molar-refractivity contribution in [3.63, 3.8) is 0 Å². The standard InChI is InChI=1S/C15H14F2O2/c1-2-14(18)13-5-3-4-6-15(13)19-12-8-10(16)7-11(17)9-12/h3-9,14,18H,2H2,1H3/t14-/m1/s1. The van der Waals surface area contributed by atoms with Crippen molar-refractivity contribution in [2.45, 2.75) is 19.4 Å². The smallest absolute Gasteiger partial charge is 0.133 e. The average molecular weight is 264 g/mol. The molecule has 1 N–H and O–H groups in total. The van der Waals surface area contributed by atoms with Gasteiger partial charge in [0.05, 0.1) is 6.10 Å². The predicted molar refractivity (Wildman–Crippen MR) is 68.1 cm³/mol. The Hall–Kier alpha value is -1.94. The van der Waals surface area contributed by atoms with Gasteiger partial charge in [-0.3, -0.25) is 0 Å². The number of halogens is 2. The number of rotatable bonds is 4. The van der Waals surface area contributed by atoms with E-state index in [1.54, 1.807) is 24.3 Å². The number of hydrogen-bond donors (Lipinski definition) is 1. The lowest BCUT2D eigenvalue weighted by molar-refractivity contribution is 0.170. The van der Waals surface area contributed by atoms with E-state index in [2.05, 4.69) is 0 Å². The Labute approximate surface area is 110 Å². The first kappa shape index (κ1) is 13.5. The maximum absolute atomic E-state index is 13.1. The summed E-state index contributed by atoms with van der Waals surface area (Å²) in [5, 5.41) is 9.87. The quantitative estimate of drug-likeness (QED) is 0.896. The molecule has 2 aromatic carbocycles. The summed E-state index contributed by atoms with van der Waals surface area (Å²) >= 11 is 0. The molecule has 0 aliphatic carbocycles. The van der Waals surface area contributed by atoms with Crippen molar-refractivity contribution in [2.24, 2.45) is 0 Å². The van der Waals surface area contributed by atoms with Crippen LogP contribution in [0.5, 0.6) is 11.5 Å². The van der Waals surface area contributed by atoms with Crippen molar-refractivity contribution >= 4 is 0 Å². The van der Waals surface area contributed by atoms with Crippen molar-refractivity contribution in [1.82, 2.24) is 0 Å². The Balaban J connectivity index is 2.32. The van der Waals surface area contributed by atoms with E-state index >= 15 is 0 Å². The fourth-order valence-electron chi connectivity index (χ4n) is 1.78. The van der Waals surface area contributed by atoms with E-state index in [1.165, 1.54) is 0 Å². The molecule has 2 nitrogen and oxygen atoms in total. The van der Waals surface area contributed by atoms with Crippen LogP contribution in [0.4, 0.5) is 8.78 Å². The topological polar surface area (TPSA) is 29.5 Å². The molecule has 0 aliphatic rings. The Morgan fingerprint density at radius 1 is 1.11 bits per heavy atom. The molecule has 2 aromatic rings. The summed E-state index contributed by atoms with van der Waals surface area (Å²) in [7, 11) is 0. The monoisotopic (exact) mass is 264 g/mol. The van der Waals surface area contributed by atoms with Crippen molar-refractivity contribution in [1.29, 1.82) is 0 Å². The van der Waals surface area contributed by atoms with Crippen molar-refractivity contribution in [3.05, 3.63) is 59.7 Å². The highest BCUT2D eigenvalue weighted by molar-refractivity contribution is 5.39. The maximum atomic E-state index is 13.1. The van der Waals surface area contributed by atoms with Crippen LogP contribution in [0.25, 0.3) is 0 Å². The van der Waals surface area contributed by atoms with Crippen molar-refractivity contribution in [3.8, 4) is 11.5 Å². The average Bonchev–Trinajstić information content (AvgIpc) is 2.37. The molecule has 100 valence electrons. The predicted octanol–water partition coefficient (Wildman–Crippen LogP) is 4.20. The minimum absolute atomic E-state index is 0.0632. The van der Waals surface area contributed by atoms with Crippen LogP contribution < -0.4 is 4.74 Å². The van der Waals surface area contributed by atoms with Gasteiger partial charge in [-0.05, 0) is 12.5 Å². The second-order valence-corrected chi connectivity index (χ2v) is 4.17. The maximum Gasteiger partial charge on any atom is 0.133 e. The SMILES string of the molecule is CC[C@@H](O)c1ccccc1Oc1cc(F)cc(F)c1. The molecule has 0 fully saturated rings. The van der Waals surface area contributed by atoms with E-state index in [1.807, 2.05) is 6.92 Å². The van der Waals surface area contributed by atoms with Gasteiger partial charge in [-0.15, -0.1) is 0 Å². The second-order valence-electron chi connectivity index (χ2n) is 4.17. The first-order chi connectivity index (χ1) is 9.10. The molecule has 0 saturated heterocycles. The molecule has 0 bridgehead atoms. The molecular weight excluding hydrogens is 250 g/mol. The molecule has 0 heterocycles. The summed E-state index contributed by atoms with van der Waals surface area (Å²) in [5.74, 6) is -0.956. The summed E-state index contributed by atoms with van der Waals surface area (Å²) < 4.78 is 31.6. The fourth-order valence-corrected chi connectivity index (χ4v) is 1.78. The van der Waals surface area contributed by atoms with E-state index < -0.39 is 17.7 Å². The molecule has 0 spiro atoms. The van der Waals surface area contributed by atoms with Crippen molar-refractivity contribution in [2.75, 3.05) is 0 Å². The fraction of sp³-hybridized carbons (Fsp3) is 0.200. The Kier molecular flexibility index (Phi) is 4.12. The van der Waals surface area contributed by atoms with Crippen LogP contribution in [0.15, 0.2) is 42.5 Å². The van der Waals surface area contributed by atoms with Crippen LogP contribution in [-0.2, 0) is 0 Å². The van der Waals surface area contributed by atoms with Gasteiger partial charge in [-0.2, -0.15) is 0 Å². The number of para-hydroxylation sites is 1. The van der Waals surface area contributed by atoms with Gasteiger partial charge in [-0.1, -0.05) is 25.1 Å². The minimum Gasteiger partial charge on any atom is -0.457 e. The molecule has 0 aromatic heterocycles. The van der Waals surface area contributed by atoms with Crippen LogP contribution in [0.1, 0.15) is 25.0 Å². The molecule has 4 heteroatoms. The Bertz CT molecular complexity index is 550. The summed E-state index contributed by atoms with van der Waals surface area (Å²) in [6, 6.07) is 9.84.